The Morgan fingerprint density at radius 1 is 1.43 bits per heavy atom. The number of thiophene rings is 1. The Bertz CT molecular complexity index is 713. The van der Waals surface area contributed by atoms with E-state index < -0.39 is 11.7 Å². The molecule has 0 saturated heterocycles. The molecule has 3 nitrogen and oxygen atoms in total. The molecule has 21 heavy (non-hydrogen) atoms. The van der Waals surface area contributed by atoms with Gasteiger partial charge in [0.1, 0.15) is 5.82 Å². The first-order chi connectivity index (χ1) is 10.1. The third kappa shape index (κ3) is 3.91. The van der Waals surface area contributed by atoms with Crippen LogP contribution in [0.1, 0.15) is 27.0 Å². The fourth-order valence-corrected chi connectivity index (χ4v) is 2.63. The molecule has 0 aliphatic rings. The van der Waals surface area contributed by atoms with Gasteiger partial charge < -0.3 is 11.1 Å². The Hall–Kier alpha value is -2.16. The highest BCUT2D eigenvalue weighted by atomic mass is 32.1. The number of amides is 1. The largest absolute Gasteiger partial charge is 0.348 e. The Balaban J connectivity index is 2.13. The maximum atomic E-state index is 13.8. The summed E-state index contributed by atoms with van der Waals surface area (Å²) in [5.74, 6) is 4.45. The van der Waals surface area contributed by atoms with Crippen molar-refractivity contribution in [2.75, 3.05) is 6.54 Å². The van der Waals surface area contributed by atoms with E-state index >= 15 is 0 Å². The number of carbonyl (C=O) groups excluding carboxylic acids is 1. The summed E-state index contributed by atoms with van der Waals surface area (Å²) in [6, 6.07) is 4.21. The molecule has 0 aliphatic heterocycles. The molecule has 2 rings (SSSR count). The van der Waals surface area contributed by atoms with Crippen LogP contribution in [0.2, 0.25) is 0 Å². The number of rotatable bonds is 3. The summed E-state index contributed by atoms with van der Waals surface area (Å²) >= 11 is 1.57. The van der Waals surface area contributed by atoms with E-state index in [1.165, 1.54) is 18.2 Å². The molecule has 0 bridgehead atoms. The van der Waals surface area contributed by atoms with Crippen molar-refractivity contribution in [2.24, 2.45) is 5.73 Å². The van der Waals surface area contributed by atoms with Crippen molar-refractivity contribution in [3.8, 4) is 11.8 Å². The van der Waals surface area contributed by atoms with Gasteiger partial charge in [0.15, 0.2) is 0 Å². The second kappa shape index (κ2) is 7.02. The van der Waals surface area contributed by atoms with Gasteiger partial charge in [0, 0.05) is 12.1 Å². The molecule has 2 aromatic rings. The zero-order valence-electron chi connectivity index (χ0n) is 11.6. The van der Waals surface area contributed by atoms with Crippen molar-refractivity contribution >= 4 is 17.2 Å². The van der Waals surface area contributed by atoms with Crippen LogP contribution in [0.25, 0.3) is 0 Å². The zero-order valence-corrected chi connectivity index (χ0v) is 12.4. The Morgan fingerprint density at radius 3 is 2.90 bits per heavy atom. The van der Waals surface area contributed by atoms with E-state index in [1.54, 1.807) is 11.3 Å². The smallest absolute Gasteiger partial charge is 0.254 e. The average Bonchev–Trinajstić information content (AvgIpc) is 2.89. The van der Waals surface area contributed by atoms with Crippen LogP contribution in [0.5, 0.6) is 0 Å². The van der Waals surface area contributed by atoms with Gasteiger partial charge in [-0.3, -0.25) is 4.79 Å². The highest BCUT2D eigenvalue weighted by Crippen LogP contribution is 2.14. The Kier molecular flexibility index (Phi) is 5.09. The van der Waals surface area contributed by atoms with Crippen LogP contribution in [-0.2, 0) is 6.54 Å². The minimum atomic E-state index is -0.562. The van der Waals surface area contributed by atoms with E-state index in [1.807, 2.05) is 17.7 Å². The molecule has 0 atom stereocenters. The van der Waals surface area contributed by atoms with Crippen molar-refractivity contribution in [1.29, 1.82) is 0 Å². The number of nitrogens with two attached hydrogens (primary N) is 1. The van der Waals surface area contributed by atoms with Gasteiger partial charge in [-0.1, -0.05) is 11.8 Å². The van der Waals surface area contributed by atoms with Crippen molar-refractivity contribution in [1.82, 2.24) is 5.32 Å². The van der Waals surface area contributed by atoms with Gasteiger partial charge in [-0.15, -0.1) is 0 Å². The molecule has 0 aliphatic carbocycles. The summed E-state index contributed by atoms with van der Waals surface area (Å²) in [5.41, 5.74) is 8.00. The van der Waals surface area contributed by atoms with Crippen molar-refractivity contribution in [2.45, 2.75) is 13.5 Å². The topological polar surface area (TPSA) is 55.1 Å². The first-order valence-electron chi connectivity index (χ1n) is 6.40. The van der Waals surface area contributed by atoms with Gasteiger partial charge in [0.25, 0.3) is 5.91 Å². The molecule has 1 heterocycles. The molecule has 0 spiro atoms. The zero-order chi connectivity index (χ0) is 15.2. The average molecular weight is 302 g/mol. The lowest BCUT2D eigenvalue weighted by molar-refractivity contribution is 0.0947. The van der Waals surface area contributed by atoms with E-state index in [9.17, 15) is 9.18 Å². The van der Waals surface area contributed by atoms with Crippen LogP contribution in [0.4, 0.5) is 4.39 Å². The Morgan fingerprint density at radius 2 is 2.24 bits per heavy atom. The molecular formula is C16H15FN2OS. The maximum Gasteiger partial charge on any atom is 0.254 e. The number of hydrogen-bond acceptors (Lipinski definition) is 3. The van der Waals surface area contributed by atoms with Crippen LogP contribution in [-0.4, -0.2) is 12.5 Å². The predicted octanol–water partition coefficient (Wildman–Crippen LogP) is 2.44. The lowest BCUT2D eigenvalue weighted by Crippen LogP contribution is -2.24. The second-order valence-corrected chi connectivity index (χ2v) is 5.21. The van der Waals surface area contributed by atoms with Crippen LogP contribution >= 0.6 is 11.3 Å². The highest BCUT2D eigenvalue weighted by Gasteiger charge is 2.12. The van der Waals surface area contributed by atoms with Crippen molar-refractivity contribution in [3.05, 3.63) is 57.0 Å². The van der Waals surface area contributed by atoms with E-state index in [2.05, 4.69) is 17.2 Å². The van der Waals surface area contributed by atoms with Crippen LogP contribution in [0.3, 0.4) is 0 Å². The number of carbonyl (C=O) groups is 1. The van der Waals surface area contributed by atoms with E-state index in [4.69, 9.17) is 5.73 Å². The van der Waals surface area contributed by atoms with Gasteiger partial charge in [-0.05, 0) is 47.0 Å². The van der Waals surface area contributed by atoms with Gasteiger partial charge >= 0.3 is 0 Å². The summed E-state index contributed by atoms with van der Waals surface area (Å²) in [6.45, 7) is 2.57. The number of benzene rings is 1. The number of hydrogen-bond donors (Lipinski definition) is 2. The van der Waals surface area contributed by atoms with Crippen LogP contribution in [0.15, 0.2) is 29.0 Å². The second-order valence-electron chi connectivity index (χ2n) is 4.46. The monoisotopic (exact) mass is 302 g/mol. The van der Waals surface area contributed by atoms with Gasteiger partial charge in [0.05, 0.1) is 12.1 Å². The molecule has 0 fully saturated rings. The summed E-state index contributed by atoms with van der Waals surface area (Å²) in [7, 11) is 0. The molecule has 5 heteroatoms. The van der Waals surface area contributed by atoms with Gasteiger partial charge in [-0.25, -0.2) is 4.39 Å². The minimum Gasteiger partial charge on any atom is -0.348 e. The lowest BCUT2D eigenvalue weighted by atomic mass is 10.1. The Labute approximate surface area is 127 Å². The molecule has 0 unspecified atom stereocenters. The molecule has 3 N–H and O–H groups in total. The lowest BCUT2D eigenvalue weighted by Gasteiger charge is -2.06. The van der Waals surface area contributed by atoms with Crippen molar-refractivity contribution in [3.63, 3.8) is 0 Å². The molecule has 1 aromatic heterocycles. The molecule has 1 amide bonds. The number of halogens is 1. The third-order valence-corrected chi connectivity index (χ3v) is 3.86. The summed E-state index contributed by atoms with van der Waals surface area (Å²) < 4.78 is 13.8. The number of aryl methyl sites for hydroxylation is 1. The van der Waals surface area contributed by atoms with Gasteiger partial charge in [0.2, 0.25) is 0 Å². The SMILES string of the molecule is Cc1cscc1CNC(=O)c1cc(C#CCN)ccc1F. The van der Waals surface area contributed by atoms with E-state index in [0.717, 1.165) is 11.1 Å². The first-order valence-corrected chi connectivity index (χ1v) is 7.34. The predicted molar refractivity (Wildman–Crippen MR) is 82.6 cm³/mol. The molecule has 108 valence electrons. The van der Waals surface area contributed by atoms with E-state index in [0.29, 0.717) is 12.1 Å². The van der Waals surface area contributed by atoms with E-state index in [-0.39, 0.29) is 12.1 Å². The maximum absolute atomic E-state index is 13.8. The molecule has 0 saturated carbocycles. The van der Waals surface area contributed by atoms with Crippen LogP contribution in [0, 0.1) is 24.6 Å². The highest BCUT2D eigenvalue weighted by molar-refractivity contribution is 7.08. The molecular weight excluding hydrogens is 287 g/mol. The summed E-state index contributed by atoms with van der Waals surface area (Å²) in [6.07, 6.45) is 0. The fourth-order valence-electron chi connectivity index (χ4n) is 1.77. The normalized spacial score (nSPS) is 9.86. The first kappa shape index (κ1) is 15.2. The molecule has 1 aromatic carbocycles. The quantitative estimate of drug-likeness (QED) is 0.856. The third-order valence-electron chi connectivity index (χ3n) is 2.95. The summed E-state index contributed by atoms with van der Waals surface area (Å²) in [5, 5.41) is 6.69. The van der Waals surface area contributed by atoms with Gasteiger partial charge in [-0.2, -0.15) is 11.3 Å². The minimum absolute atomic E-state index is 0.00768. The van der Waals surface area contributed by atoms with Crippen molar-refractivity contribution < 1.29 is 9.18 Å². The van der Waals surface area contributed by atoms with Crippen LogP contribution < -0.4 is 11.1 Å². The standard InChI is InChI=1S/C16H15FN2OS/c1-11-9-21-10-13(11)8-19-16(20)14-7-12(3-2-6-18)4-5-15(14)17/h4-5,7,9-10H,6,8,18H2,1H3,(H,19,20). The number of nitrogens with one attached hydrogen (secondary N) is 1. The molecule has 0 radical (unpaired) electrons. The summed E-state index contributed by atoms with van der Waals surface area (Å²) in [4.78, 5) is 12.1. The fraction of sp³-hybridized carbons (Fsp3) is 0.188.